The fraction of sp³-hybridized carbons (Fsp3) is 0.188. The van der Waals surface area contributed by atoms with Crippen molar-refractivity contribution in [1.29, 1.82) is 5.26 Å². The normalized spacial score (nSPS) is 10.1. The van der Waals surface area contributed by atoms with Crippen molar-refractivity contribution in [2.75, 3.05) is 7.11 Å². The molecule has 0 bridgehead atoms. The minimum Gasteiger partial charge on any atom is -0.489 e. The summed E-state index contributed by atoms with van der Waals surface area (Å²) in [5.74, 6) is 0.195. The molecule has 0 aromatic heterocycles. The van der Waals surface area contributed by atoms with Crippen LogP contribution in [0.15, 0.2) is 42.5 Å². The molecule has 2 rings (SSSR count). The van der Waals surface area contributed by atoms with Gasteiger partial charge in [-0.05, 0) is 35.4 Å². The predicted molar refractivity (Wildman–Crippen MR) is 72.6 cm³/mol. The highest BCUT2D eigenvalue weighted by Crippen LogP contribution is 2.17. The van der Waals surface area contributed by atoms with Crippen LogP contribution in [0.1, 0.15) is 16.7 Å². The molecule has 3 nitrogen and oxygen atoms in total. The number of hydrogen-bond acceptors (Lipinski definition) is 3. The zero-order chi connectivity index (χ0) is 14.4. The van der Waals surface area contributed by atoms with Gasteiger partial charge in [-0.1, -0.05) is 18.2 Å². The van der Waals surface area contributed by atoms with E-state index in [4.69, 9.17) is 14.7 Å². The third kappa shape index (κ3) is 3.56. The van der Waals surface area contributed by atoms with Crippen LogP contribution in [0.3, 0.4) is 0 Å². The van der Waals surface area contributed by atoms with Gasteiger partial charge in [0, 0.05) is 7.11 Å². The lowest BCUT2D eigenvalue weighted by atomic mass is 10.1. The van der Waals surface area contributed by atoms with Crippen LogP contribution in [0.5, 0.6) is 5.75 Å². The maximum absolute atomic E-state index is 13.2. The lowest BCUT2D eigenvalue weighted by Gasteiger charge is -2.08. The van der Waals surface area contributed by atoms with Gasteiger partial charge >= 0.3 is 0 Å². The summed E-state index contributed by atoms with van der Waals surface area (Å²) < 4.78 is 23.9. The Hall–Kier alpha value is -2.38. The van der Waals surface area contributed by atoms with E-state index < -0.39 is 5.82 Å². The second kappa shape index (κ2) is 6.69. The molecule has 0 radical (unpaired) electrons. The second-order valence-electron chi connectivity index (χ2n) is 4.30. The Bertz CT molecular complexity index is 635. The minimum absolute atomic E-state index is 0.0271. The number of benzene rings is 2. The Morgan fingerprint density at radius 3 is 2.65 bits per heavy atom. The largest absolute Gasteiger partial charge is 0.489 e. The van der Waals surface area contributed by atoms with Gasteiger partial charge in [0.2, 0.25) is 0 Å². The molecule has 102 valence electrons. The van der Waals surface area contributed by atoms with Gasteiger partial charge in [-0.3, -0.25) is 0 Å². The van der Waals surface area contributed by atoms with Gasteiger partial charge in [-0.2, -0.15) is 5.26 Å². The van der Waals surface area contributed by atoms with E-state index in [9.17, 15) is 4.39 Å². The molecule has 0 aliphatic heterocycles. The Morgan fingerprint density at radius 1 is 1.10 bits per heavy atom. The topological polar surface area (TPSA) is 42.2 Å². The first kappa shape index (κ1) is 14.0. The van der Waals surface area contributed by atoms with Gasteiger partial charge in [-0.15, -0.1) is 0 Å². The molecule has 2 aromatic carbocycles. The number of hydrogen-bond donors (Lipinski definition) is 0. The summed E-state index contributed by atoms with van der Waals surface area (Å²) in [6.07, 6.45) is 0. The average Bonchev–Trinajstić information content (AvgIpc) is 2.47. The summed E-state index contributed by atoms with van der Waals surface area (Å²) in [5.41, 5.74) is 1.79. The quantitative estimate of drug-likeness (QED) is 0.836. The summed E-state index contributed by atoms with van der Waals surface area (Å²) in [4.78, 5) is 0. The molecular weight excluding hydrogens is 257 g/mol. The molecule has 20 heavy (non-hydrogen) atoms. The number of ether oxygens (including phenoxy) is 2. The highest BCUT2D eigenvalue weighted by Gasteiger charge is 2.04. The van der Waals surface area contributed by atoms with Crippen molar-refractivity contribution in [2.45, 2.75) is 13.2 Å². The molecule has 0 heterocycles. The highest BCUT2D eigenvalue weighted by molar-refractivity contribution is 5.34. The molecule has 0 fully saturated rings. The smallest absolute Gasteiger partial charge is 0.140 e. The fourth-order valence-electron chi connectivity index (χ4n) is 1.81. The second-order valence-corrected chi connectivity index (χ2v) is 4.30. The van der Waals surface area contributed by atoms with Gasteiger partial charge in [-0.25, -0.2) is 4.39 Å². The van der Waals surface area contributed by atoms with Crippen molar-refractivity contribution >= 4 is 0 Å². The number of halogens is 1. The number of rotatable bonds is 5. The Kier molecular flexibility index (Phi) is 4.70. The molecule has 2 aromatic rings. The Labute approximate surface area is 117 Å². The van der Waals surface area contributed by atoms with Gasteiger partial charge in [0.05, 0.1) is 12.2 Å². The van der Waals surface area contributed by atoms with Crippen LogP contribution < -0.4 is 4.74 Å². The van der Waals surface area contributed by atoms with Gasteiger partial charge < -0.3 is 9.47 Å². The third-order valence-corrected chi connectivity index (χ3v) is 2.77. The molecule has 0 saturated heterocycles. The first-order valence-electron chi connectivity index (χ1n) is 6.12. The highest BCUT2D eigenvalue weighted by atomic mass is 19.1. The van der Waals surface area contributed by atoms with E-state index in [2.05, 4.69) is 0 Å². The zero-order valence-corrected chi connectivity index (χ0v) is 11.1. The average molecular weight is 271 g/mol. The molecule has 0 spiro atoms. The summed E-state index contributed by atoms with van der Waals surface area (Å²) in [7, 11) is 1.63. The Morgan fingerprint density at radius 2 is 1.90 bits per heavy atom. The van der Waals surface area contributed by atoms with Crippen molar-refractivity contribution in [3.8, 4) is 11.8 Å². The third-order valence-electron chi connectivity index (χ3n) is 2.77. The van der Waals surface area contributed by atoms with Crippen LogP contribution in [0, 0.1) is 17.1 Å². The lowest BCUT2D eigenvalue weighted by molar-refractivity contribution is 0.184. The van der Waals surface area contributed by atoms with Crippen molar-refractivity contribution in [2.24, 2.45) is 0 Å². The van der Waals surface area contributed by atoms with Crippen LogP contribution in [0.2, 0.25) is 0 Å². The molecular formula is C16H14FNO2. The molecule has 0 N–H and O–H groups in total. The van der Waals surface area contributed by atoms with Crippen molar-refractivity contribution < 1.29 is 13.9 Å². The van der Waals surface area contributed by atoms with Crippen LogP contribution in [-0.4, -0.2) is 7.11 Å². The summed E-state index contributed by atoms with van der Waals surface area (Å²) in [6.45, 7) is 0.803. The summed E-state index contributed by atoms with van der Waals surface area (Å²) in [5, 5.41) is 8.78. The van der Waals surface area contributed by atoms with Crippen molar-refractivity contribution in [1.82, 2.24) is 0 Å². The summed E-state index contributed by atoms with van der Waals surface area (Å²) >= 11 is 0. The maximum atomic E-state index is 13.2. The standard InChI is InChI=1S/C16H14FNO2/c1-19-10-12-3-2-4-15(8-12)20-11-13-5-6-16(17)14(7-13)9-18/h2-8H,10-11H2,1H3. The van der Waals surface area contributed by atoms with E-state index in [1.54, 1.807) is 13.2 Å². The van der Waals surface area contributed by atoms with Gasteiger partial charge in [0.15, 0.2) is 0 Å². The van der Waals surface area contributed by atoms with E-state index in [0.717, 1.165) is 11.1 Å². The first-order valence-corrected chi connectivity index (χ1v) is 6.12. The number of methoxy groups -OCH3 is 1. The van der Waals surface area contributed by atoms with Crippen molar-refractivity contribution in [3.05, 3.63) is 65.0 Å². The van der Waals surface area contributed by atoms with E-state index in [-0.39, 0.29) is 12.2 Å². The lowest BCUT2D eigenvalue weighted by Crippen LogP contribution is -1.98. The maximum Gasteiger partial charge on any atom is 0.140 e. The van der Waals surface area contributed by atoms with Crippen LogP contribution >= 0.6 is 0 Å². The van der Waals surface area contributed by atoms with E-state index >= 15 is 0 Å². The fourth-order valence-corrected chi connectivity index (χ4v) is 1.81. The van der Waals surface area contributed by atoms with E-state index in [1.165, 1.54) is 12.1 Å². The molecule has 0 amide bonds. The zero-order valence-electron chi connectivity index (χ0n) is 11.1. The van der Waals surface area contributed by atoms with Crippen molar-refractivity contribution in [3.63, 3.8) is 0 Å². The molecule has 4 heteroatoms. The predicted octanol–water partition coefficient (Wildman–Crippen LogP) is 3.42. The molecule has 0 aliphatic rings. The van der Waals surface area contributed by atoms with E-state index in [1.807, 2.05) is 30.3 Å². The van der Waals surface area contributed by atoms with Gasteiger partial charge in [0.25, 0.3) is 0 Å². The van der Waals surface area contributed by atoms with Crippen LogP contribution in [0.4, 0.5) is 4.39 Å². The van der Waals surface area contributed by atoms with E-state index in [0.29, 0.717) is 12.4 Å². The Balaban J connectivity index is 2.05. The SMILES string of the molecule is COCc1cccc(OCc2ccc(F)c(C#N)c2)c1. The molecule has 0 saturated carbocycles. The molecule has 0 unspecified atom stereocenters. The number of nitriles is 1. The molecule has 0 atom stereocenters. The minimum atomic E-state index is -0.515. The summed E-state index contributed by atoms with van der Waals surface area (Å²) in [6, 6.07) is 13.7. The first-order chi connectivity index (χ1) is 9.72. The van der Waals surface area contributed by atoms with Gasteiger partial charge in [0.1, 0.15) is 24.2 Å². The monoisotopic (exact) mass is 271 g/mol. The number of nitrogens with zero attached hydrogens (tertiary/aromatic N) is 1. The van der Waals surface area contributed by atoms with Crippen LogP contribution in [-0.2, 0) is 18.0 Å². The molecule has 0 aliphatic carbocycles. The van der Waals surface area contributed by atoms with Crippen LogP contribution in [0.25, 0.3) is 0 Å².